The van der Waals surface area contributed by atoms with Gasteiger partial charge in [0.1, 0.15) is 17.0 Å². The summed E-state index contributed by atoms with van der Waals surface area (Å²) in [6.07, 6.45) is 0. The number of nitrogens with one attached hydrogen (secondary N) is 1. The van der Waals surface area contributed by atoms with Crippen LogP contribution in [0.1, 0.15) is 10.5 Å². The molecule has 4 rings (SSSR count). The molecule has 2 heterocycles. The zero-order valence-electron chi connectivity index (χ0n) is 17.3. The Bertz CT molecular complexity index is 1030. The summed E-state index contributed by atoms with van der Waals surface area (Å²) < 4.78 is 18.1. The first-order valence-corrected chi connectivity index (χ1v) is 9.98. The van der Waals surface area contributed by atoms with E-state index >= 15 is 0 Å². The van der Waals surface area contributed by atoms with E-state index in [-0.39, 0.29) is 5.91 Å². The van der Waals surface area contributed by atoms with Gasteiger partial charge in [-0.3, -0.25) is 14.4 Å². The maximum atomic E-state index is 13.1. The molecular weight excluding hydrogens is 384 g/mol. The number of methoxy groups -OCH3 is 2. The lowest BCUT2D eigenvalue weighted by Crippen LogP contribution is -2.38. The lowest BCUT2D eigenvalue weighted by atomic mass is 10.2. The van der Waals surface area contributed by atoms with E-state index in [0.29, 0.717) is 29.4 Å². The van der Waals surface area contributed by atoms with Gasteiger partial charge in [0.25, 0.3) is 5.91 Å². The smallest absolute Gasteiger partial charge is 0.276 e. The van der Waals surface area contributed by atoms with Crippen LogP contribution >= 0.6 is 0 Å². The average molecular weight is 410 g/mol. The topological polar surface area (TPSA) is 77.9 Å². The number of nitrogens with zero attached hydrogens (tertiary/aromatic N) is 3. The molecule has 1 saturated heterocycles. The van der Waals surface area contributed by atoms with E-state index in [9.17, 15) is 4.79 Å². The molecule has 2 aromatic carbocycles. The monoisotopic (exact) mass is 410 g/mol. The molecule has 0 radical (unpaired) electrons. The lowest BCUT2D eigenvalue weighted by Gasteiger charge is -2.26. The third-order valence-corrected chi connectivity index (χ3v) is 5.23. The number of para-hydroxylation sites is 1. The summed E-state index contributed by atoms with van der Waals surface area (Å²) in [5.41, 5.74) is 1.84. The molecule has 1 aliphatic heterocycles. The van der Waals surface area contributed by atoms with Crippen molar-refractivity contribution >= 4 is 22.5 Å². The molecule has 0 atom stereocenters. The Morgan fingerprint density at radius 2 is 1.90 bits per heavy atom. The summed E-state index contributed by atoms with van der Waals surface area (Å²) in [4.78, 5) is 15.4. The number of hydrogen-bond acceptors (Lipinski definition) is 6. The van der Waals surface area contributed by atoms with Crippen LogP contribution in [0.5, 0.6) is 11.5 Å². The van der Waals surface area contributed by atoms with Crippen molar-refractivity contribution < 1.29 is 19.0 Å². The molecule has 0 aliphatic carbocycles. The lowest BCUT2D eigenvalue weighted by molar-refractivity contribution is 0.0361. The van der Waals surface area contributed by atoms with Crippen molar-refractivity contribution in [1.29, 1.82) is 0 Å². The summed E-state index contributed by atoms with van der Waals surface area (Å²) in [7, 11) is 3.22. The zero-order valence-corrected chi connectivity index (χ0v) is 17.3. The van der Waals surface area contributed by atoms with Crippen LogP contribution in [0.3, 0.4) is 0 Å². The van der Waals surface area contributed by atoms with Gasteiger partial charge in [-0.2, -0.15) is 5.10 Å². The highest BCUT2D eigenvalue weighted by molar-refractivity contribution is 6.12. The summed E-state index contributed by atoms with van der Waals surface area (Å²) in [5.74, 6) is 1.10. The fourth-order valence-electron chi connectivity index (χ4n) is 3.65. The molecule has 8 heteroatoms. The van der Waals surface area contributed by atoms with Crippen molar-refractivity contribution in [2.75, 3.05) is 52.4 Å². The van der Waals surface area contributed by atoms with Crippen LogP contribution < -0.4 is 14.8 Å². The number of rotatable bonds is 7. The largest absolute Gasteiger partial charge is 0.497 e. The van der Waals surface area contributed by atoms with Crippen LogP contribution in [0.2, 0.25) is 0 Å². The third kappa shape index (κ3) is 4.24. The average Bonchev–Trinajstić information content (AvgIpc) is 3.17. The number of hydrogen-bond donors (Lipinski definition) is 1. The van der Waals surface area contributed by atoms with Crippen LogP contribution in [0.25, 0.3) is 10.9 Å². The minimum absolute atomic E-state index is 0.272. The van der Waals surface area contributed by atoms with Crippen molar-refractivity contribution in [1.82, 2.24) is 14.7 Å². The molecule has 0 unspecified atom stereocenters. The molecule has 1 aliphatic rings. The molecule has 8 nitrogen and oxygen atoms in total. The first-order chi connectivity index (χ1) is 14.7. The van der Waals surface area contributed by atoms with Gasteiger partial charge in [0.2, 0.25) is 0 Å². The summed E-state index contributed by atoms with van der Waals surface area (Å²) >= 11 is 0. The molecule has 0 spiro atoms. The number of amides is 1. The maximum absolute atomic E-state index is 13.1. The molecular formula is C22H26N4O4. The molecule has 0 saturated carbocycles. The van der Waals surface area contributed by atoms with E-state index in [0.717, 1.165) is 43.8 Å². The SMILES string of the molecule is COc1cccc(NC(=O)c2nn(CCN3CCOCC3)c3c(OC)cccc23)c1. The van der Waals surface area contributed by atoms with Gasteiger partial charge in [0.05, 0.1) is 34.0 Å². The van der Waals surface area contributed by atoms with Crippen LogP contribution in [0.15, 0.2) is 42.5 Å². The molecule has 30 heavy (non-hydrogen) atoms. The number of aromatic nitrogens is 2. The highest BCUT2D eigenvalue weighted by Crippen LogP contribution is 2.29. The molecule has 1 aromatic heterocycles. The fraction of sp³-hybridized carbons (Fsp3) is 0.364. The van der Waals surface area contributed by atoms with Gasteiger partial charge in [0.15, 0.2) is 5.69 Å². The van der Waals surface area contributed by atoms with E-state index in [4.69, 9.17) is 14.2 Å². The molecule has 1 fully saturated rings. The number of benzene rings is 2. The minimum Gasteiger partial charge on any atom is -0.497 e. The van der Waals surface area contributed by atoms with Gasteiger partial charge in [-0.15, -0.1) is 0 Å². The highest BCUT2D eigenvalue weighted by atomic mass is 16.5. The van der Waals surface area contributed by atoms with Gasteiger partial charge in [-0.1, -0.05) is 18.2 Å². The van der Waals surface area contributed by atoms with Crippen LogP contribution in [-0.2, 0) is 11.3 Å². The predicted molar refractivity (Wildman–Crippen MR) is 114 cm³/mol. The number of ether oxygens (including phenoxy) is 3. The van der Waals surface area contributed by atoms with E-state index in [1.165, 1.54) is 0 Å². The highest BCUT2D eigenvalue weighted by Gasteiger charge is 2.21. The summed E-state index contributed by atoms with van der Waals surface area (Å²) in [5, 5.41) is 8.34. The molecule has 1 N–H and O–H groups in total. The Morgan fingerprint density at radius 3 is 2.67 bits per heavy atom. The molecule has 3 aromatic rings. The van der Waals surface area contributed by atoms with Crippen molar-refractivity contribution in [2.24, 2.45) is 0 Å². The molecule has 158 valence electrons. The van der Waals surface area contributed by atoms with E-state index < -0.39 is 0 Å². The van der Waals surface area contributed by atoms with Crippen molar-refractivity contribution in [3.63, 3.8) is 0 Å². The first kappa shape index (κ1) is 20.2. The van der Waals surface area contributed by atoms with Crippen LogP contribution in [-0.4, -0.2) is 67.7 Å². The maximum Gasteiger partial charge on any atom is 0.276 e. The summed E-state index contributed by atoms with van der Waals surface area (Å²) in [6, 6.07) is 12.9. The number of anilines is 1. The fourth-order valence-corrected chi connectivity index (χ4v) is 3.65. The molecule has 0 bridgehead atoms. The second-order valence-corrected chi connectivity index (χ2v) is 7.07. The Hall–Kier alpha value is -3.10. The minimum atomic E-state index is -0.272. The normalized spacial score (nSPS) is 14.6. The first-order valence-electron chi connectivity index (χ1n) is 9.98. The van der Waals surface area contributed by atoms with Crippen molar-refractivity contribution in [3.8, 4) is 11.5 Å². The van der Waals surface area contributed by atoms with E-state index in [1.807, 2.05) is 41.1 Å². The number of fused-ring (bicyclic) bond motifs is 1. The van der Waals surface area contributed by atoms with Crippen molar-refractivity contribution in [3.05, 3.63) is 48.2 Å². The number of carbonyl (C=O) groups excluding carboxylic acids is 1. The van der Waals surface area contributed by atoms with Gasteiger partial charge in [-0.25, -0.2) is 0 Å². The Labute approximate surface area is 175 Å². The zero-order chi connectivity index (χ0) is 20.9. The van der Waals surface area contributed by atoms with Crippen molar-refractivity contribution in [2.45, 2.75) is 6.54 Å². The number of carbonyl (C=O) groups is 1. The molecule has 1 amide bonds. The third-order valence-electron chi connectivity index (χ3n) is 5.23. The van der Waals surface area contributed by atoms with E-state index in [1.54, 1.807) is 20.3 Å². The standard InChI is InChI=1S/C22H26N4O4/c1-28-17-6-3-5-16(15-17)23-22(27)20-18-7-4-8-19(29-2)21(18)26(24-20)10-9-25-11-13-30-14-12-25/h3-8,15H,9-14H2,1-2H3,(H,23,27). The number of morpholine rings is 1. The second-order valence-electron chi connectivity index (χ2n) is 7.07. The Kier molecular flexibility index (Phi) is 6.15. The second kappa shape index (κ2) is 9.15. The summed E-state index contributed by atoms with van der Waals surface area (Å²) in [6.45, 7) is 4.78. The van der Waals surface area contributed by atoms with Gasteiger partial charge < -0.3 is 19.5 Å². The van der Waals surface area contributed by atoms with Crippen LogP contribution in [0.4, 0.5) is 5.69 Å². The van der Waals surface area contributed by atoms with Gasteiger partial charge in [0, 0.05) is 36.8 Å². The Balaban J connectivity index is 1.62. The quantitative estimate of drug-likeness (QED) is 0.645. The van der Waals surface area contributed by atoms with Gasteiger partial charge >= 0.3 is 0 Å². The predicted octanol–water partition coefficient (Wildman–Crippen LogP) is 2.64. The van der Waals surface area contributed by atoms with Gasteiger partial charge in [-0.05, 0) is 18.2 Å². The Morgan fingerprint density at radius 1 is 1.10 bits per heavy atom. The van der Waals surface area contributed by atoms with E-state index in [2.05, 4.69) is 15.3 Å². The van der Waals surface area contributed by atoms with Crippen LogP contribution in [0, 0.1) is 0 Å².